The Morgan fingerprint density at radius 3 is 1.95 bits per heavy atom. The number of hydrogen-bond donors (Lipinski definition) is 0. The molecule has 0 aliphatic carbocycles. The van der Waals surface area contributed by atoms with Crippen molar-refractivity contribution < 1.29 is 14.0 Å². The van der Waals surface area contributed by atoms with E-state index in [0.29, 0.717) is 16.9 Å². The number of halogens is 1. The van der Waals surface area contributed by atoms with Crippen LogP contribution in [0.15, 0.2) is 84.4 Å². The van der Waals surface area contributed by atoms with Gasteiger partial charge in [0.15, 0.2) is 5.11 Å². The molecule has 190 valence electrons. The zero-order valence-corrected chi connectivity index (χ0v) is 22.3. The van der Waals surface area contributed by atoms with Crippen molar-refractivity contribution in [1.29, 1.82) is 0 Å². The van der Waals surface area contributed by atoms with Crippen LogP contribution in [0.3, 0.4) is 0 Å². The smallest absolute Gasteiger partial charge is 0.270 e. The fourth-order valence-electron chi connectivity index (χ4n) is 4.70. The number of rotatable bonds is 4. The minimum atomic E-state index is -0.488. The van der Waals surface area contributed by atoms with Gasteiger partial charge in [-0.05, 0) is 117 Å². The van der Waals surface area contributed by atoms with Crippen molar-refractivity contribution in [3.63, 3.8) is 0 Å². The van der Waals surface area contributed by atoms with E-state index in [1.165, 1.54) is 21.9 Å². The number of benzene rings is 3. The lowest BCUT2D eigenvalue weighted by Crippen LogP contribution is -2.57. The maximum absolute atomic E-state index is 13.9. The molecule has 0 spiro atoms. The van der Waals surface area contributed by atoms with E-state index in [9.17, 15) is 14.0 Å². The Balaban J connectivity index is 1.66. The van der Waals surface area contributed by atoms with Crippen LogP contribution in [0.25, 0.3) is 11.8 Å². The molecular weight excluding hydrogens is 497 g/mol. The zero-order valence-electron chi connectivity index (χ0n) is 21.5. The van der Waals surface area contributed by atoms with Gasteiger partial charge in [-0.3, -0.25) is 19.4 Å². The summed E-state index contributed by atoms with van der Waals surface area (Å²) in [5.41, 5.74) is 6.47. The molecular formula is C31H26FN3O2S. The van der Waals surface area contributed by atoms with Gasteiger partial charge in [-0.2, -0.15) is 0 Å². The van der Waals surface area contributed by atoms with Crippen molar-refractivity contribution in [2.75, 3.05) is 9.80 Å². The van der Waals surface area contributed by atoms with Crippen LogP contribution in [-0.4, -0.2) is 21.5 Å². The van der Waals surface area contributed by atoms with E-state index in [0.717, 1.165) is 28.2 Å². The fourth-order valence-corrected chi connectivity index (χ4v) is 5.08. The predicted molar refractivity (Wildman–Crippen MR) is 153 cm³/mol. The summed E-state index contributed by atoms with van der Waals surface area (Å²) in [7, 11) is 0. The fraction of sp³-hybridized carbons (Fsp3) is 0.129. The summed E-state index contributed by atoms with van der Waals surface area (Å²) >= 11 is 5.73. The van der Waals surface area contributed by atoms with E-state index in [4.69, 9.17) is 12.2 Å². The van der Waals surface area contributed by atoms with Crippen LogP contribution >= 0.6 is 12.2 Å². The average Bonchev–Trinajstić information content (AvgIpc) is 3.17. The minimum Gasteiger partial charge on any atom is -0.318 e. The normalized spacial score (nSPS) is 15.1. The van der Waals surface area contributed by atoms with Gasteiger partial charge in [0.2, 0.25) is 0 Å². The monoisotopic (exact) mass is 523 g/mol. The number of aryl methyl sites for hydroxylation is 3. The quantitative estimate of drug-likeness (QED) is 0.172. The Morgan fingerprint density at radius 1 is 0.711 bits per heavy atom. The van der Waals surface area contributed by atoms with E-state index in [-0.39, 0.29) is 16.5 Å². The molecule has 0 N–H and O–H groups in total. The highest BCUT2D eigenvalue weighted by atomic mass is 32.1. The van der Waals surface area contributed by atoms with Gasteiger partial charge in [-0.25, -0.2) is 4.39 Å². The molecule has 0 bridgehead atoms. The Labute approximate surface area is 226 Å². The van der Waals surface area contributed by atoms with Crippen molar-refractivity contribution >= 4 is 46.6 Å². The Morgan fingerprint density at radius 2 is 1.32 bits per heavy atom. The molecule has 0 radical (unpaired) electrons. The van der Waals surface area contributed by atoms with Gasteiger partial charge in [-0.1, -0.05) is 24.3 Å². The molecule has 38 heavy (non-hydrogen) atoms. The Kier molecular flexibility index (Phi) is 6.55. The largest absolute Gasteiger partial charge is 0.318 e. The maximum Gasteiger partial charge on any atom is 0.270 e. The molecule has 0 saturated carbocycles. The summed E-state index contributed by atoms with van der Waals surface area (Å²) in [5.74, 6) is -1.29. The summed E-state index contributed by atoms with van der Waals surface area (Å²) < 4.78 is 15.5. The zero-order chi connectivity index (χ0) is 27.1. The molecule has 2 amide bonds. The first-order chi connectivity index (χ1) is 18.2. The van der Waals surface area contributed by atoms with Gasteiger partial charge in [0, 0.05) is 17.1 Å². The molecule has 1 fully saturated rings. The van der Waals surface area contributed by atoms with Crippen molar-refractivity contribution in [2.45, 2.75) is 27.7 Å². The molecule has 1 aliphatic heterocycles. The Hall–Kier alpha value is -4.36. The van der Waals surface area contributed by atoms with Crippen molar-refractivity contribution in [3.05, 3.63) is 118 Å². The Bertz CT molecular complexity index is 1620. The van der Waals surface area contributed by atoms with E-state index in [2.05, 4.69) is 0 Å². The van der Waals surface area contributed by atoms with Crippen LogP contribution in [0.1, 0.15) is 28.1 Å². The summed E-state index contributed by atoms with van der Waals surface area (Å²) in [4.78, 5) is 30.6. The highest BCUT2D eigenvalue weighted by molar-refractivity contribution is 7.81. The SMILES string of the molecule is Cc1ccc(N2C(=O)C(=Cc3cc(C)n(-c4ccc(F)cc4)c3C)C(=O)N(c3ccccc3)C2=S)cc1C. The molecule has 0 unspecified atom stereocenters. The molecule has 1 aromatic heterocycles. The van der Waals surface area contributed by atoms with E-state index in [1.807, 2.05) is 74.7 Å². The number of thiocarbonyl (C=S) groups is 1. The summed E-state index contributed by atoms with van der Waals surface area (Å²) in [6.45, 7) is 7.80. The second kappa shape index (κ2) is 9.84. The first-order valence-corrected chi connectivity index (χ1v) is 12.6. The van der Waals surface area contributed by atoms with Gasteiger partial charge in [0.25, 0.3) is 11.8 Å². The lowest BCUT2D eigenvalue weighted by atomic mass is 10.0. The van der Waals surface area contributed by atoms with Gasteiger partial charge in [0.1, 0.15) is 11.4 Å². The molecule has 5 nitrogen and oxygen atoms in total. The van der Waals surface area contributed by atoms with E-state index >= 15 is 0 Å². The van der Waals surface area contributed by atoms with Gasteiger partial charge in [-0.15, -0.1) is 0 Å². The molecule has 2 heterocycles. The standard InChI is InChI=1S/C31H26FN3O2S/c1-19-10-13-27(16-20(19)2)35-30(37)28(29(36)34(31(35)38)25-8-6-5-7-9-25)18-23-17-21(3)33(22(23)4)26-14-11-24(32)12-15-26/h5-18H,1-4H3. The average molecular weight is 524 g/mol. The molecule has 5 rings (SSSR count). The van der Waals surface area contributed by atoms with Crippen LogP contribution < -0.4 is 9.80 Å². The second-order valence-corrected chi connectivity index (χ2v) is 9.73. The summed E-state index contributed by atoms with van der Waals surface area (Å²) in [6, 6.07) is 22.8. The topological polar surface area (TPSA) is 45.6 Å². The third-order valence-corrected chi connectivity index (χ3v) is 7.23. The van der Waals surface area contributed by atoms with Crippen molar-refractivity contribution in [1.82, 2.24) is 4.57 Å². The van der Waals surface area contributed by atoms with Gasteiger partial charge < -0.3 is 4.57 Å². The van der Waals surface area contributed by atoms with Crippen LogP contribution in [0.2, 0.25) is 0 Å². The highest BCUT2D eigenvalue weighted by Gasteiger charge is 2.41. The van der Waals surface area contributed by atoms with E-state index in [1.54, 1.807) is 30.3 Å². The van der Waals surface area contributed by atoms with Crippen molar-refractivity contribution in [3.8, 4) is 5.69 Å². The number of para-hydroxylation sites is 1. The molecule has 3 aromatic carbocycles. The lowest BCUT2D eigenvalue weighted by Gasteiger charge is -2.36. The van der Waals surface area contributed by atoms with Crippen LogP contribution in [0.5, 0.6) is 0 Å². The number of hydrogen-bond acceptors (Lipinski definition) is 3. The molecule has 7 heteroatoms. The van der Waals surface area contributed by atoms with Gasteiger partial charge in [0.05, 0.1) is 11.4 Å². The molecule has 4 aromatic rings. The number of aromatic nitrogens is 1. The number of carbonyl (C=O) groups excluding carboxylic acids is 2. The lowest BCUT2D eigenvalue weighted by molar-refractivity contribution is -0.120. The second-order valence-electron chi connectivity index (χ2n) is 9.36. The molecule has 1 aliphatic rings. The summed E-state index contributed by atoms with van der Waals surface area (Å²) in [5, 5.41) is 0.100. The number of amides is 2. The first kappa shape index (κ1) is 25.3. The molecule has 1 saturated heterocycles. The summed E-state index contributed by atoms with van der Waals surface area (Å²) in [6.07, 6.45) is 1.62. The third-order valence-electron chi connectivity index (χ3n) is 6.87. The number of anilines is 2. The van der Waals surface area contributed by atoms with Crippen LogP contribution in [0, 0.1) is 33.5 Å². The van der Waals surface area contributed by atoms with Crippen molar-refractivity contribution in [2.24, 2.45) is 0 Å². The number of nitrogens with zero attached hydrogens (tertiary/aromatic N) is 3. The van der Waals surface area contributed by atoms with E-state index < -0.39 is 11.8 Å². The third kappa shape index (κ3) is 4.35. The van der Waals surface area contributed by atoms with Crippen LogP contribution in [0.4, 0.5) is 15.8 Å². The van der Waals surface area contributed by atoms with Crippen LogP contribution in [-0.2, 0) is 9.59 Å². The predicted octanol–water partition coefficient (Wildman–Crippen LogP) is 6.60. The first-order valence-electron chi connectivity index (χ1n) is 12.2. The number of carbonyl (C=O) groups is 2. The molecule has 0 atom stereocenters. The highest BCUT2D eigenvalue weighted by Crippen LogP contribution is 2.32. The minimum absolute atomic E-state index is 0.0000345. The maximum atomic E-state index is 13.9. The van der Waals surface area contributed by atoms with Gasteiger partial charge >= 0.3 is 0 Å².